The number of thiophene rings is 1. The highest BCUT2D eigenvalue weighted by Crippen LogP contribution is 2.36. The summed E-state index contributed by atoms with van der Waals surface area (Å²) in [6.07, 6.45) is 15.7. The minimum absolute atomic E-state index is 1.09. The molecule has 0 aromatic carbocycles. The van der Waals surface area contributed by atoms with Crippen LogP contribution in [-0.2, 0) is 12.8 Å². The number of hydrogen-bond acceptors (Lipinski definition) is 1. The Balaban J connectivity index is 2.18. The van der Waals surface area contributed by atoms with Gasteiger partial charge in [-0.05, 0) is 49.3 Å². The fourth-order valence-electron chi connectivity index (χ4n) is 2.36. The molecule has 0 N–H and O–H groups in total. The fourth-order valence-corrected chi connectivity index (χ4v) is 3.67. The van der Waals surface area contributed by atoms with E-state index in [1.807, 2.05) is 11.3 Å². The van der Waals surface area contributed by atoms with Gasteiger partial charge in [-0.1, -0.05) is 18.2 Å². The lowest BCUT2D eigenvalue weighted by atomic mass is 9.95. The number of fused-ring (bicyclic) bond motifs is 3. The standard InChI is InChI=1S/C13H14S/c1-2-6-10-11-7-4-5-9-13(11)14-12(10)8-3-1/h2-3,6,8H,1,4-5,7,9H2. The zero-order valence-electron chi connectivity index (χ0n) is 8.25. The second kappa shape index (κ2) is 3.39. The summed E-state index contributed by atoms with van der Waals surface area (Å²) in [5.41, 5.74) is 3.18. The maximum absolute atomic E-state index is 2.33. The first-order chi connectivity index (χ1) is 6.95. The Morgan fingerprint density at radius 2 is 1.86 bits per heavy atom. The zero-order chi connectivity index (χ0) is 9.38. The van der Waals surface area contributed by atoms with Gasteiger partial charge in [0.25, 0.3) is 0 Å². The topological polar surface area (TPSA) is 0 Å². The van der Waals surface area contributed by atoms with E-state index in [-0.39, 0.29) is 0 Å². The highest BCUT2D eigenvalue weighted by atomic mass is 32.1. The molecule has 14 heavy (non-hydrogen) atoms. The summed E-state index contributed by atoms with van der Waals surface area (Å²) in [5, 5.41) is 0. The maximum atomic E-state index is 2.33. The number of aryl methyl sites for hydroxylation is 1. The first-order valence-electron chi connectivity index (χ1n) is 5.43. The molecule has 2 aliphatic rings. The minimum Gasteiger partial charge on any atom is -0.140 e. The Bertz CT molecular complexity index is 407. The molecule has 0 saturated heterocycles. The van der Waals surface area contributed by atoms with E-state index in [1.54, 1.807) is 10.4 Å². The van der Waals surface area contributed by atoms with Crippen LogP contribution in [0.3, 0.4) is 0 Å². The molecule has 2 aliphatic carbocycles. The summed E-state index contributed by atoms with van der Waals surface area (Å²) in [7, 11) is 0. The largest absolute Gasteiger partial charge is 0.140 e. The number of allylic oxidation sites excluding steroid dienone is 2. The Morgan fingerprint density at radius 1 is 1.00 bits per heavy atom. The summed E-state index contributed by atoms with van der Waals surface area (Å²) in [6.45, 7) is 0. The Labute approximate surface area is 89.0 Å². The van der Waals surface area contributed by atoms with Crippen molar-refractivity contribution in [2.75, 3.05) is 0 Å². The van der Waals surface area contributed by atoms with Gasteiger partial charge in [-0.15, -0.1) is 11.3 Å². The van der Waals surface area contributed by atoms with Crippen LogP contribution >= 0.6 is 11.3 Å². The lowest BCUT2D eigenvalue weighted by molar-refractivity contribution is 0.696. The summed E-state index contributed by atoms with van der Waals surface area (Å²) in [5.74, 6) is 0. The molecule has 0 fully saturated rings. The second-order valence-corrected chi connectivity index (χ2v) is 5.17. The van der Waals surface area contributed by atoms with Crippen molar-refractivity contribution in [1.29, 1.82) is 0 Å². The average molecular weight is 202 g/mol. The third-order valence-electron chi connectivity index (χ3n) is 3.07. The van der Waals surface area contributed by atoms with E-state index < -0.39 is 0 Å². The van der Waals surface area contributed by atoms with Crippen molar-refractivity contribution >= 4 is 23.5 Å². The number of hydrogen-bond donors (Lipinski definition) is 0. The molecular weight excluding hydrogens is 188 g/mol. The van der Waals surface area contributed by atoms with E-state index in [0.717, 1.165) is 6.42 Å². The van der Waals surface area contributed by atoms with E-state index >= 15 is 0 Å². The van der Waals surface area contributed by atoms with E-state index in [0.29, 0.717) is 0 Å². The van der Waals surface area contributed by atoms with Gasteiger partial charge in [0.05, 0.1) is 0 Å². The lowest BCUT2D eigenvalue weighted by Crippen LogP contribution is -1.99. The van der Waals surface area contributed by atoms with Crippen molar-refractivity contribution in [2.24, 2.45) is 0 Å². The van der Waals surface area contributed by atoms with Crippen molar-refractivity contribution in [2.45, 2.75) is 32.1 Å². The van der Waals surface area contributed by atoms with Gasteiger partial charge in [0.15, 0.2) is 0 Å². The van der Waals surface area contributed by atoms with Crippen molar-refractivity contribution in [3.63, 3.8) is 0 Å². The van der Waals surface area contributed by atoms with Gasteiger partial charge in [0.2, 0.25) is 0 Å². The summed E-state index contributed by atoms with van der Waals surface area (Å²) < 4.78 is 0. The monoisotopic (exact) mass is 202 g/mol. The molecule has 0 bridgehead atoms. The van der Waals surface area contributed by atoms with Crippen molar-refractivity contribution < 1.29 is 0 Å². The molecule has 0 saturated carbocycles. The van der Waals surface area contributed by atoms with Crippen molar-refractivity contribution in [3.8, 4) is 0 Å². The summed E-state index contributed by atoms with van der Waals surface area (Å²) in [4.78, 5) is 3.14. The van der Waals surface area contributed by atoms with Gasteiger partial charge in [-0.2, -0.15) is 0 Å². The molecule has 0 aliphatic heterocycles. The number of rotatable bonds is 0. The normalized spacial score (nSPS) is 18.9. The Kier molecular flexibility index (Phi) is 2.06. The first kappa shape index (κ1) is 8.49. The maximum Gasteiger partial charge on any atom is 0.0345 e. The van der Waals surface area contributed by atoms with Crippen LogP contribution in [-0.4, -0.2) is 0 Å². The highest BCUT2D eigenvalue weighted by molar-refractivity contribution is 7.13. The van der Waals surface area contributed by atoms with Crippen LogP contribution in [0, 0.1) is 0 Å². The molecular formula is C13H14S. The molecule has 0 nitrogen and oxygen atoms in total. The lowest BCUT2D eigenvalue weighted by Gasteiger charge is -2.10. The highest BCUT2D eigenvalue weighted by Gasteiger charge is 2.18. The van der Waals surface area contributed by atoms with E-state index in [4.69, 9.17) is 0 Å². The quantitative estimate of drug-likeness (QED) is 0.595. The first-order valence-corrected chi connectivity index (χ1v) is 6.24. The van der Waals surface area contributed by atoms with Gasteiger partial charge in [0.1, 0.15) is 0 Å². The molecule has 1 heterocycles. The van der Waals surface area contributed by atoms with Gasteiger partial charge >= 0.3 is 0 Å². The zero-order valence-corrected chi connectivity index (χ0v) is 9.07. The predicted molar refractivity (Wildman–Crippen MR) is 63.6 cm³/mol. The molecule has 1 heteroatoms. The van der Waals surface area contributed by atoms with Crippen LogP contribution in [0.25, 0.3) is 12.2 Å². The van der Waals surface area contributed by atoms with E-state index in [2.05, 4.69) is 24.3 Å². The van der Waals surface area contributed by atoms with Gasteiger partial charge in [0, 0.05) is 9.75 Å². The minimum atomic E-state index is 1.09. The fraction of sp³-hybridized carbons (Fsp3) is 0.385. The third-order valence-corrected chi connectivity index (χ3v) is 4.34. The molecule has 3 rings (SSSR count). The summed E-state index contributed by atoms with van der Waals surface area (Å²) >= 11 is 2.01. The van der Waals surface area contributed by atoms with Crippen molar-refractivity contribution in [3.05, 3.63) is 33.0 Å². The molecule has 0 unspecified atom stereocenters. The second-order valence-electron chi connectivity index (χ2n) is 4.03. The smallest absolute Gasteiger partial charge is 0.0345 e. The molecule has 1 aromatic rings. The van der Waals surface area contributed by atoms with Crippen LogP contribution in [0.1, 0.15) is 40.1 Å². The molecule has 1 aromatic heterocycles. The summed E-state index contributed by atoms with van der Waals surface area (Å²) in [6, 6.07) is 0. The van der Waals surface area contributed by atoms with Crippen LogP contribution in [0.15, 0.2) is 12.2 Å². The average Bonchev–Trinajstić information content (AvgIpc) is 2.42. The van der Waals surface area contributed by atoms with Gasteiger partial charge < -0.3 is 0 Å². The molecule has 0 radical (unpaired) electrons. The van der Waals surface area contributed by atoms with Gasteiger partial charge in [-0.25, -0.2) is 0 Å². The Morgan fingerprint density at radius 3 is 2.86 bits per heavy atom. The SMILES string of the molecule is C1=Cc2sc3c(c2C=CC1)CCCC3. The Hall–Kier alpha value is -0.820. The molecule has 0 spiro atoms. The molecule has 72 valence electrons. The predicted octanol–water partition coefficient (Wildman–Crippen LogP) is 4.06. The third kappa shape index (κ3) is 1.27. The molecule has 0 atom stereocenters. The van der Waals surface area contributed by atoms with Crippen LogP contribution in [0.5, 0.6) is 0 Å². The van der Waals surface area contributed by atoms with E-state index in [1.165, 1.54) is 36.1 Å². The van der Waals surface area contributed by atoms with E-state index in [9.17, 15) is 0 Å². The van der Waals surface area contributed by atoms with Crippen molar-refractivity contribution in [1.82, 2.24) is 0 Å². The molecule has 0 amide bonds. The van der Waals surface area contributed by atoms with Gasteiger partial charge in [-0.3, -0.25) is 0 Å². The van der Waals surface area contributed by atoms with Crippen LogP contribution < -0.4 is 0 Å². The van der Waals surface area contributed by atoms with Crippen LogP contribution in [0.4, 0.5) is 0 Å². The van der Waals surface area contributed by atoms with Crippen LogP contribution in [0.2, 0.25) is 0 Å².